The quantitative estimate of drug-likeness (QED) is 0.777. The van der Waals surface area contributed by atoms with Crippen LogP contribution in [-0.2, 0) is 10.0 Å². The fraction of sp³-hybridized carbons (Fsp3) is 0.429. The fourth-order valence-electron chi connectivity index (χ4n) is 2.81. The van der Waals surface area contributed by atoms with Gasteiger partial charge in [0, 0.05) is 4.88 Å². The van der Waals surface area contributed by atoms with Gasteiger partial charge in [0.25, 0.3) is 10.0 Å². The third-order valence-corrected chi connectivity index (χ3v) is 8.33. The highest BCUT2D eigenvalue weighted by Crippen LogP contribution is 2.38. The lowest BCUT2D eigenvalue weighted by Gasteiger charge is -2.23. The topological polar surface area (TPSA) is 46.2 Å². The predicted octanol–water partition coefficient (Wildman–Crippen LogP) is 4.78. The standard InChI is InChI=1S/C14H16BrNO2S3/c15-12-7-8-13(20-12)21(17,18)16-14(10-4-1-2-5-10)11-6-3-9-19-11/h3,6-10,14,16H,1-2,4-5H2. The van der Waals surface area contributed by atoms with Crippen molar-refractivity contribution in [3.05, 3.63) is 38.3 Å². The SMILES string of the molecule is O=S(=O)(NC(c1cccs1)C1CCCC1)c1ccc(Br)s1. The number of sulfonamides is 1. The molecule has 114 valence electrons. The van der Waals surface area contributed by atoms with Crippen LogP contribution in [0.2, 0.25) is 0 Å². The summed E-state index contributed by atoms with van der Waals surface area (Å²) in [6.07, 6.45) is 4.58. The molecule has 0 aliphatic heterocycles. The Labute approximate surface area is 141 Å². The van der Waals surface area contributed by atoms with Gasteiger partial charge in [-0.05, 0) is 58.3 Å². The summed E-state index contributed by atoms with van der Waals surface area (Å²) in [7, 11) is -3.46. The zero-order valence-corrected chi connectivity index (χ0v) is 15.3. The van der Waals surface area contributed by atoms with E-state index < -0.39 is 10.0 Å². The molecule has 1 unspecified atom stereocenters. The molecular formula is C14H16BrNO2S3. The van der Waals surface area contributed by atoms with Crippen LogP contribution in [0.15, 0.2) is 37.6 Å². The minimum atomic E-state index is -3.46. The number of rotatable bonds is 5. The maximum Gasteiger partial charge on any atom is 0.250 e. The summed E-state index contributed by atoms with van der Waals surface area (Å²) in [5, 5.41) is 2.01. The van der Waals surface area contributed by atoms with Gasteiger partial charge in [0.05, 0.1) is 9.83 Å². The van der Waals surface area contributed by atoms with Crippen molar-refractivity contribution in [2.24, 2.45) is 5.92 Å². The molecule has 2 aromatic heterocycles. The molecule has 7 heteroatoms. The number of hydrogen-bond acceptors (Lipinski definition) is 4. The summed E-state index contributed by atoms with van der Waals surface area (Å²) < 4.78 is 29.3. The van der Waals surface area contributed by atoms with Crippen molar-refractivity contribution in [3.8, 4) is 0 Å². The molecule has 2 heterocycles. The van der Waals surface area contributed by atoms with Crippen LogP contribution in [0.1, 0.15) is 36.6 Å². The lowest BCUT2D eigenvalue weighted by Crippen LogP contribution is -2.31. The van der Waals surface area contributed by atoms with Crippen LogP contribution in [0, 0.1) is 5.92 Å². The van der Waals surface area contributed by atoms with E-state index in [4.69, 9.17) is 0 Å². The van der Waals surface area contributed by atoms with Crippen LogP contribution >= 0.6 is 38.6 Å². The maximum atomic E-state index is 12.6. The third kappa shape index (κ3) is 3.59. The van der Waals surface area contributed by atoms with Crippen molar-refractivity contribution in [2.75, 3.05) is 0 Å². The van der Waals surface area contributed by atoms with E-state index in [2.05, 4.69) is 20.7 Å². The highest BCUT2D eigenvalue weighted by molar-refractivity contribution is 9.11. The second-order valence-corrected chi connectivity index (χ2v) is 10.6. The zero-order valence-electron chi connectivity index (χ0n) is 11.3. The Morgan fingerprint density at radius 3 is 2.57 bits per heavy atom. The first-order valence-electron chi connectivity index (χ1n) is 6.87. The molecule has 1 aliphatic carbocycles. The predicted molar refractivity (Wildman–Crippen MR) is 91.4 cm³/mol. The second kappa shape index (κ2) is 6.50. The number of thiophene rings is 2. The Hall–Kier alpha value is -0.210. The lowest BCUT2D eigenvalue weighted by atomic mass is 9.98. The highest BCUT2D eigenvalue weighted by Gasteiger charge is 2.31. The smallest absolute Gasteiger partial charge is 0.206 e. The Morgan fingerprint density at radius 1 is 1.24 bits per heavy atom. The van der Waals surface area contributed by atoms with E-state index in [9.17, 15) is 8.42 Å². The van der Waals surface area contributed by atoms with Gasteiger partial charge in [-0.3, -0.25) is 0 Å². The Bertz CT molecular complexity index is 688. The molecule has 1 saturated carbocycles. The maximum absolute atomic E-state index is 12.6. The fourth-order valence-corrected chi connectivity index (χ4v) is 7.07. The number of halogens is 1. The second-order valence-electron chi connectivity index (χ2n) is 5.22. The summed E-state index contributed by atoms with van der Waals surface area (Å²) in [6, 6.07) is 7.34. The molecule has 0 radical (unpaired) electrons. The van der Waals surface area contributed by atoms with Crippen molar-refractivity contribution >= 4 is 48.6 Å². The van der Waals surface area contributed by atoms with Crippen molar-refractivity contribution < 1.29 is 8.42 Å². The average Bonchev–Trinajstić information content (AvgIpc) is 3.18. The monoisotopic (exact) mass is 405 g/mol. The van der Waals surface area contributed by atoms with Crippen molar-refractivity contribution in [1.82, 2.24) is 4.72 Å². The van der Waals surface area contributed by atoms with Gasteiger partial charge in [-0.15, -0.1) is 22.7 Å². The normalized spacial score (nSPS) is 18.1. The van der Waals surface area contributed by atoms with Gasteiger partial charge >= 0.3 is 0 Å². The molecule has 3 nitrogen and oxygen atoms in total. The van der Waals surface area contributed by atoms with Gasteiger partial charge in [-0.2, -0.15) is 0 Å². The van der Waals surface area contributed by atoms with Gasteiger partial charge in [0.2, 0.25) is 0 Å². The first-order chi connectivity index (χ1) is 10.1. The van der Waals surface area contributed by atoms with Crippen LogP contribution in [0.4, 0.5) is 0 Å². The first-order valence-corrected chi connectivity index (χ1v) is 10.8. The molecule has 1 N–H and O–H groups in total. The summed E-state index contributed by atoms with van der Waals surface area (Å²) in [4.78, 5) is 1.11. The van der Waals surface area contributed by atoms with Crippen molar-refractivity contribution in [1.29, 1.82) is 0 Å². The van der Waals surface area contributed by atoms with E-state index in [0.717, 1.165) is 21.5 Å². The number of hydrogen-bond donors (Lipinski definition) is 1. The molecule has 2 aromatic rings. The summed E-state index contributed by atoms with van der Waals surface area (Å²) in [6.45, 7) is 0. The van der Waals surface area contributed by atoms with E-state index in [0.29, 0.717) is 10.1 Å². The van der Waals surface area contributed by atoms with Gasteiger partial charge in [-0.1, -0.05) is 18.9 Å². The van der Waals surface area contributed by atoms with Crippen LogP contribution in [0.25, 0.3) is 0 Å². The molecule has 21 heavy (non-hydrogen) atoms. The zero-order chi connectivity index (χ0) is 14.9. The summed E-state index contributed by atoms with van der Waals surface area (Å²) in [5.41, 5.74) is 0. The highest BCUT2D eigenvalue weighted by atomic mass is 79.9. The van der Waals surface area contributed by atoms with Crippen LogP contribution < -0.4 is 4.72 Å². The first kappa shape index (κ1) is 15.7. The average molecular weight is 406 g/mol. The van der Waals surface area contributed by atoms with Gasteiger partial charge in [0.1, 0.15) is 4.21 Å². The van der Waals surface area contributed by atoms with Crippen LogP contribution in [-0.4, -0.2) is 8.42 Å². The van der Waals surface area contributed by atoms with E-state index in [-0.39, 0.29) is 6.04 Å². The van der Waals surface area contributed by atoms with Crippen LogP contribution in [0.3, 0.4) is 0 Å². The van der Waals surface area contributed by atoms with E-state index >= 15 is 0 Å². The molecule has 0 saturated heterocycles. The molecule has 0 spiro atoms. The van der Waals surface area contributed by atoms with Crippen LogP contribution in [0.5, 0.6) is 0 Å². The Balaban J connectivity index is 1.87. The molecular weight excluding hydrogens is 390 g/mol. The molecule has 1 aliphatic rings. The van der Waals surface area contributed by atoms with E-state index in [1.807, 2.05) is 17.5 Å². The van der Waals surface area contributed by atoms with E-state index in [1.54, 1.807) is 23.5 Å². The van der Waals surface area contributed by atoms with Gasteiger partial charge in [0.15, 0.2) is 0 Å². The van der Waals surface area contributed by atoms with Crippen molar-refractivity contribution in [3.63, 3.8) is 0 Å². The van der Waals surface area contributed by atoms with Gasteiger partial charge in [-0.25, -0.2) is 13.1 Å². The largest absolute Gasteiger partial charge is 0.250 e. The molecule has 0 amide bonds. The Morgan fingerprint density at radius 2 is 2.00 bits per heavy atom. The molecule has 3 rings (SSSR count). The molecule has 0 bridgehead atoms. The third-order valence-electron chi connectivity index (χ3n) is 3.82. The van der Waals surface area contributed by atoms with Gasteiger partial charge < -0.3 is 0 Å². The molecule has 1 fully saturated rings. The molecule has 0 aromatic carbocycles. The molecule has 1 atom stereocenters. The van der Waals surface area contributed by atoms with Crippen molar-refractivity contribution in [2.45, 2.75) is 35.9 Å². The van der Waals surface area contributed by atoms with E-state index in [1.165, 1.54) is 24.2 Å². The number of nitrogens with one attached hydrogen (secondary N) is 1. The Kier molecular flexibility index (Phi) is 4.85. The minimum Gasteiger partial charge on any atom is -0.206 e. The minimum absolute atomic E-state index is 0.0987. The summed E-state index contributed by atoms with van der Waals surface area (Å²) >= 11 is 6.20. The lowest BCUT2D eigenvalue weighted by molar-refractivity contribution is 0.416. The summed E-state index contributed by atoms with van der Waals surface area (Å²) in [5.74, 6) is 0.404.